The predicted molar refractivity (Wildman–Crippen MR) is 96.2 cm³/mol. The van der Waals surface area contributed by atoms with Crippen LogP contribution in [0.25, 0.3) is 4.96 Å². The topological polar surface area (TPSA) is 63.0 Å². The highest BCUT2D eigenvalue weighted by Gasteiger charge is 2.03. The molecule has 0 aliphatic carbocycles. The maximum absolute atomic E-state index is 5.58. The molecular weight excluding hydrogens is 310 g/mol. The first-order chi connectivity index (χ1) is 11.2. The Bertz CT molecular complexity index is 576. The molecule has 2 aromatic rings. The molecule has 128 valence electrons. The summed E-state index contributed by atoms with van der Waals surface area (Å²) in [5, 5.41) is 8.62. The van der Waals surface area contributed by atoms with Crippen molar-refractivity contribution in [2.24, 2.45) is 10.9 Å². The summed E-state index contributed by atoms with van der Waals surface area (Å²) in [6.07, 6.45) is 5.01. The van der Waals surface area contributed by atoms with E-state index in [4.69, 9.17) is 4.74 Å². The Hall–Kier alpha value is -1.60. The number of guanidine groups is 1. The number of imidazole rings is 1. The molecule has 0 aliphatic rings. The largest absolute Gasteiger partial charge is 0.381 e. The van der Waals surface area contributed by atoms with Crippen LogP contribution in [0.15, 0.2) is 22.8 Å². The summed E-state index contributed by atoms with van der Waals surface area (Å²) in [5.41, 5.74) is 0.981. The molecule has 7 heteroatoms. The molecule has 0 amide bonds. The van der Waals surface area contributed by atoms with Gasteiger partial charge < -0.3 is 15.4 Å². The summed E-state index contributed by atoms with van der Waals surface area (Å²) in [7, 11) is 0. The normalized spacial score (nSPS) is 12.3. The van der Waals surface area contributed by atoms with Crippen LogP contribution in [-0.4, -0.2) is 41.6 Å². The molecule has 2 rings (SSSR count). The average molecular weight is 337 g/mol. The number of rotatable bonds is 9. The lowest BCUT2D eigenvalue weighted by Crippen LogP contribution is -2.38. The number of ether oxygens (including phenoxy) is 1. The molecule has 2 heterocycles. The van der Waals surface area contributed by atoms with E-state index in [2.05, 4.69) is 41.4 Å². The smallest absolute Gasteiger partial charge is 0.193 e. The zero-order chi connectivity index (χ0) is 16.5. The summed E-state index contributed by atoms with van der Waals surface area (Å²) >= 11 is 1.63. The first-order valence-corrected chi connectivity index (χ1v) is 9.08. The SMILES string of the molecule is CCNC(=NCc1cn2ccsc2n1)NCCCOCC(C)C. The average Bonchev–Trinajstić information content (AvgIpc) is 3.09. The van der Waals surface area contributed by atoms with E-state index in [1.165, 1.54) is 0 Å². The molecule has 0 fully saturated rings. The van der Waals surface area contributed by atoms with Gasteiger partial charge in [0.1, 0.15) is 0 Å². The second-order valence-electron chi connectivity index (χ2n) is 5.77. The Morgan fingerprint density at radius 3 is 3.04 bits per heavy atom. The zero-order valence-electron chi connectivity index (χ0n) is 14.2. The lowest BCUT2D eigenvalue weighted by molar-refractivity contribution is 0.108. The van der Waals surface area contributed by atoms with Gasteiger partial charge in [-0.3, -0.25) is 4.40 Å². The van der Waals surface area contributed by atoms with Crippen molar-refractivity contribution >= 4 is 22.3 Å². The minimum Gasteiger partial charge on any atom is -0.381 e. The molecule has 0 bridgehead atoms. The number of hydrogen-bond acceptors (Lipinski definition) is 4. The minimum absolute atomic E-state index is 0.577. The van der Waals surface area contributed by atoms with Crippen LogP contribution in [0.2, 0.25) is 0 Å². The van der Waals surface area contributed by atoms with E-state index >= 15 is 0 Å². The van der Waals surface area contributed by atoms with Gasteiger partial charge in [-0.2, -0.15) is 0 Å². The van der Waals surface area contributed by atoms with Crippen LogP contribution in [0.5, 0.6) is 0 Å². The van der Waals surface area contributed by atoms with Gasteiger partial charge in [0.25, 0.3) is 0 Å². The van der Waals surface area contributed by atoms with Crippen LogP contribution in [-0.2, 0) is 11.3 Å². The molecule has 0 atom stereocenters. The van der Waals surface area contributed by atoms with E-state index in [9.17, 15) is 0 Å². The first kappa shape index (κ1) is 17.7. The molecular formula is C16H27N5OS. The van der Waals surface area contributed by atoms with Gasteiger partial charge in [-0.1, -0.05) is 13.8 Å². The van der Waals surface area contributed by atoms with Gasteiger partial charge in [-0.15, -0.1) is 11.3 Å². The van der Waals surface area contributed by atoms with Crippen molar-refractivity contribution < 1.29 is 4.74 Å². The van der Waals surface area contributed by atoms with E-state index in [1.807, 2.05) is 22.2 Å². The van der Waals surface area contributed by atoms with Crippen LogP contribution in [0.3, 0.4) is 0 Å². The lowest BCUT2D eigenvalue weighted by atomic mass is 10.2. The van der Waals surface area contributed by atoms with Crippen molar-refractivity contribution in [2.75, 3.05) is 26.3 Å². The molecule has 0 aromatic carbocycles. The Labute approximate surface area is 142 Å². The Kier molecular flexibility index (Phi) is 7.35. The number of hydrogen-bond donors (Lipinski definition) is 2. The second-order valence-corrected chi connectivity index (χ2v) is 6.64. The molecule has 6 nitrogen and oxygen atoms in total. The van der Waals surface area contributed by atoms with Crippen molar-refractivity contribution in [2.45, 2.75) is 33.7 Å². The predicted octanol–water partition coefficient (Wildman–Crippen LogP) is 2.51. The monoisotopic (exact) mass is 337 g/mol. The van der Waals surface area contributed by atoms with E-state index in [1.54, 1.807) is 11.3 Å². The van der Waals surface area contributed by atoms with Crippen LogP contribution < -0.4 is 10.6 Å². The fourth-order valence-corrected chi connectivity index (χ4v) is 2.77. The van der Waals surface area contributed by atoms with E-state index in [-0.39, 0.29) is 0 Å². The van der Waals surface area contributed by atoms with Crippen LogP contribution >= 0.6 is 11.3 Å². The third-order valence-electron chi connectivity index (χ3n) is 3.10. The standard InChI is InChI=1S/C16H27N5OS/c1-4-17-15(18-6-5-8-22-12-13(2)3)19-10-14-11-21-7-9-23-16(21)20-14/h7,9,11,13H,4-6,8,10,12H2,1-3H3,(H2,17,18,19). The molecule has 23 heavy (non-hydrogen) atoms. The van der Waals surface area contributed by atoms with Gasteiger partial charge in [0.2, 0.25) is 0 Å². The summed E-state index contributed by atoms with van der Waals surface area (Å²) in [6, 6.07) is 0. The highest BCUT2D eigenvalue weighted by atomic mass is 32.1. The van der Waals surface area contributed by atoms with Gasteiger partial charge in [0.15, 0.2) is 10.9 Å². The Morgan fingerprint density at radius 2 is 2.30 bits per heavy atom. The van der Waals surface area contributed by atoms with Crippen molar-refractivity contribution in [3.8, 4) is 0 Å². The summed E-state index contributed by atoms with van der Waals surface area (Å²) in [5.74, 6) is 1.42. The second kappa shape index (κ2) is 9.52. The van der Waals surface area contributed by atoms with Crippen LogP contribution in [0.4, 0.5) is 0 Å². The molecule has 2 aromatic heterocycles. The van der Waals surface area contributed by atoms with Crippen LogP contribution in [0, 0.1) is 5.92 Å². The fourth-order valence-electron chi connectivity index (χ4n) is 2.05. The van der Waals surface area contributed by atoms with Crippen LogP contribution in [0.1, 0.15) is 32.9 Å². The quantitative estimate of drug-likeness (QED) is 0.419. The maximum Gasteiger partial charge on any atom is 0.193 e. The molecule has 0 saturated heterocycles. The zero-order valence-corrected chi connectivity index (χ0v) is 15.0. The first-order valence-electron chi connectivity index (χ1n) is 8.20. The molecule has 0 radical (unpaired) electrons. The third kappa shape index (κ3) is 6.19. The van der Waals surface area contributed by atoms with E-state index in [0.29, 0.717) is 12.5 Å². The molecule has 0 unspecified atom stereocenters. The van der Waals surface area contributed by atoms with Gasteiger partial charge in [0, 0.05) is 44.1 Å². The number of aliphatic imine (C=N–C) groups is 1. The Balaban J connectivity index is 1.74. The van der Waals surface area contributed by atoms with Gasteiger partial charge in [0.05, 0.1) is 12.2 Å². The number of aromatic nitrogens is 2. The maximum atomic E-state index is 5.58. The van der Waals surface area contributed by atoms with Gasteiger partial charge in [-0.25, -0.2) is 9.98 Å². The summed E-state index contributed by atoms with van der Waals surface area (Å²) < 4.78 is 7.61. The van der Waals surface area contributed by atoms with Crippen molar-refractivity contribution in [3.05, 3.63) is 23.5 Å². The van der Waals surface area contributed by atoms with E-state index in [0.717, 1.165) is 49.3 Å². The van der Waals surface area contributed by atoms with Crippen molar-refractivity contribution in [1.29, 1.82) is 0 Å². The molecule has 2 N–H and O–H groups in total. The summed E-state index contributed by atoms with van der Waals surface area (Å²) in [6.45, 7) is 10.3. The number of nitrogens with one attached hydrogen (secondary N) is 2. The minimum atomic E-state index is 0.577. The Morgan fingerprint density at radius 1 is 1.43 bits per heavy atom. The molecule has 0 saturated carbocycles. The summed E-state index contributed by atoms with van der Waals surface area (Å²) in [4.78, 5) is 10.1. The lowest BCUT2D eigenvalue weighted by Gasteiger charge is -2.11. The van der Waals surface area contributed by atoms with Gasteiger partial charge in [-0.05, 0) is 19.3 Å². The third-order valence-corrected chi connectivity index (χ3v) is 3.87. The fraction of sp³-hybridized carbons (Fsp3) is 0.625. The molecule has 0 aliphatic heterocycles. The highest BCUT2D eigenvalue weighted by molar-refractivity contribution is 7.15. The molecule has 0 spiro atoms. The van der Waals surface area contributed by atoms with Crippen molar-refractivity contribution in [1.82, 2.24) is 20.0 Å². The highest BCUT2D eigenvalue weighted by Crippen LogP contribution is 2.11. The number of fused-ring (bicyclic) bond motifs is 1. The van der Waals surface area contributed by atoms with Crippen molar-refractivity contribution in [3.63, 3.8) is 0 Å². The van der Waals surface area contributed by atoms with Gasteiger partial charge >= 0.3 is 0 Å². The number of thiazole rings is 1. The number of nitrogens with zero attached hydrogens (tertiary/aromatic N) is 3. The van der Waals surface area contributed by atoms with E-state index < -0.39 is 0 Å².